The zero-order chi connectivity index (χ0) is 15.5. The molecule has 0 amide bonds. The summed E-state index contributed by atoms with van der Waals surface area (Å²) in [6.45, 7) is 3.06. The third-order valence-electron chi connectivity index (χ3n) is 4.24. The molecule has 1 spiro atoms. The molecular formula is C16H19N5O2. The summed E-state index contributed by atoms with van der Waals surface area (Å²) in [7, 11) is 0. The Labute approximate surface area is 134 Å². The molecule has 2 saturated heterocycles. The van der Waals surface area contributed by atoms with E-state index in [-0.39, 0.29) is 5.79 Å². The van der Waals surface area contributed by atoms with Gasteiger partial charge in [0, 0.05) is 31.6 Å². The zero-order valence-electron chi connectivity index (χ0n) is 12.8. The Morgan fingerprint density at radius 3 is 2.52 bits per heavy atom. The van der Waals surface area contributed by atoms with Crippen molar-refractivity contribution >= 4 is 17.5 Å². The number of piperidine rings is 1. The molecule has 1 aromatic carbocycles. The summed E-state index contributed by atoms with van der Waals surface area (Å²) in [4.78, 5) is 6.76. The van der Waals surface area contributed by atoms with E-state index < -0.39 is 0 Å². The van der Waals surface area contributed by atoms with Crippen molar-refractivity contribution in [1.82, 2.24) is 15.2 Å². The molecule has 2 fully saturated rings. The van der Waals surface area contributed by atoms with Crippen LogP contribution >= 0.6 is 0 Å². The van der Waals surface area contributed by atoms with Gasteiger partial charge in [0.2, 0.25) is 5.95 Å². The minimum absolute atomic E-state index is 0.373. The van der Waals surface area contributed by atoms with Crippen molar-refractivity contribution in [2.45, 2.75) is 18.6 Å². The van der Waals surface area contributed by atoms with E-state index in [4.69, 9.17) is 9.47 Å². The summed E-state index contributed by atoms with van der Waals surface area (Å²) in [6.07, 6.45) is 3.39. The molecule has 7 nitrogen and oxygen atoms in total. The summed E-state index contributed by atoms with van der Waals surface area (Å²) < 4.78 is 11.5. The van der Waals surface area contributed by atoms with Crippen LogP contribution in [0.4, 0.5) is 17.5 Å². The van der Waals surface area contributed by atoms with Gasteiger partial charge in [0.25, 0.3) is 0 Å². The fourth-order valence-electron chi connectivity index (χ4n) is 3.01. The third kappa shape index (κ3) is 3.11. The quantitative estimate of drug-likeness (QED) is 0.928. The zero-order valence-corrected chi connectivity index (χ0v) is 12.8. The minimum Gasteiger partial charge on any atom is -0.355 e. The molecule has 0 saturated carbocycles. The lowest BCUT2D eigenvalue weighted by molar-refractivity contribution is -0.169. The van der Waals surface area contributed by atoms with Gasteiger partial charge >= 0.3 is 0 Å². The molecule has 1 aromatic heterocycles. The van der Waals surface area contributed by atoms with Crippen molar-refractivity contribution < 1.29 is 9.47 Å². The monoisotopic (exact) mass is 313 g/mol. The maximum atomic E-state index is 5.76. The third-order valence-corrected chi connectivity index (χ3v) is 4.24. The van der Waals surface area contributed by atoms with Crippen molar-refractivity contribution in [3.63, 3.8) is 0 Å². The van der Waals surface area contributed by atoms with Gasteiger partial charge in [-0.3, -0.25) is 0 Å². The van der Waals surface area contributed by atoms with Gasteiger partial charge in [-0.1, -0.05) is 18.2 Å². The number of para-hydroxylation sites is 1. The number of aromatic nitrogens is 3. The average molecular weight is 313 g/mol. The second kappa shape index (κ2) is 6.10. The highest BCUT2D eigenvalue weighted by Gasteiger charge is 2.40. The van der Waals surface area contributed by atoms with Gasteiger partial charge in [0.05, 0.1) is 19.4 Å². The average Bonchev–Trinajstić information content (AvgIpc) is 3.05. The number of hydrogen-bond donors (Lipinski definition) is 1. The van der Waals surface area contributed by atoms with Gasteiger partial charge in [-0.2, -0.15) is 10.1 Å². The smallest absolute Gasteiger partial charge is 0.249 e. The molecule has 4 rings (SSSR count). The molecule has 120 valence electrons. The Bertz CT molecular complexity index is 651. The highest BCUT2D eigenvalue weighted by atomic mass is 16.7. The maximum Gasteiger partial charge on any atom is 0.249 e. The Balaban J connectivity index is 1.44. The maximum absolute atomic E-state index is 5.76. The molecule has 0 unspecified atom stereocenters. The lowest BCUT2D eigenvalue weighted by Gasteiger charge is -2.37. The van der Waals surface area contributed by atoms with Crippen molar-refractivity contribution in [1.29, 1.82) is 0 Å². The summed E-state index contributed by atoms with van der Waals surface area (Å²) in [5.74, 6) is 0.954. The van der Waals surface area contributed by atoms with Crippen LogP contribution in [0.25, 0.3) is 0 Å². The molecular weight excluding hydrogens is 294 g/mol. The predicted octanol–water partition coefficient (Wildman–Crippen LogP) is 1.96. The molecule has 0 bridgehead atoms. The summed E-state index contributed by atoms with van der Waals surface area (Å²) >= 11 is 0. The fraction of sp³-hybridized carbons (Fsp3) is 0.438. The van der Waals surface area contributed by atoms with Gasteiger partial charge < -0.3 is 19.7 Å². The first-order valence-electron chi connectivity index (χ1n) is 7.88. The van der Waals surface area contributed by atoms with E-state index in [1.165, 1.54) is 0 Å². The van der Waals surface area contributed by atoms with Crippen LogP contribution in [-0.4, -0.2) is 47.3 Å². The molecule has 0 aliphatic carbocycles. The first-order chi connectivity index (χ1) is 11.3. The van der Waals surface area contributed by atoms with Gasteiger partial charge in [-0.05, 0) is 12.1 Å². The summed E-state index contributed by atoms with van der Waals surface area (Å²) in [5.41, 5.74) is 0.941. The highest BCUT2D eigenvalue weighted by Crippen LogP contribution is 2.32. The molecule has 23 heavy (non-hydrogen) atoms. The van der Waals surface area contributed by atoms with Crippen LogP contribution in [0.15, 0.2) is 36.5 Å². The molecule has 7 heteroatoms. The Hall–Kier alpha value is -2.25. The van der Waals surface area contributed by atoms with Crippen LogP contribution in [0.2, 0.25) is 0 Å². The van der Waals surface area contributed by atoms with Crippen LogP contribution in [-0.2, 0) is 9.47 Å². The van der Waals surface area contributed by atoms with Crippen molar-refractivity contribution in [3.8, 4) is 0 Å². The van der Waals surface area contributed by atoms with Crippen LogP contribution in [0.5, 0.6) is 0 Å². The van der Waals surface area contributed by atoms with E-state index >= 15 is 0 Å². The molecule has 3 heterocycles. The Morgan fingerprint density at radius 1 is 1.04 bits per heavy atom. The molecule has 0 atom stereocenters. The standard InChI is InChI=1S/C16H19N5O2/c1-2-4-13(5-3-1)18-15-19-14(12-17-20-15)21-8-6-16(7-9-21)22-10-11-23-16/h1-5,12H,6-11H2,(H,18,19,20). The van der Waals surface area contributed by atoms with E-state index in [2.05, 4.69) is 25.4 Å². The van der Waals surface area contributed by atoms with Crippen LogP contribution in [0.1, 0.15) is 12.8 Å². The lowest BCUT2D eigenvalue weighted by Crippen LogP contribution is -2.45. The largest absolute Gasteiger partial charge is 0.355 e. The topological polar surface area (TPSA) is 72.4 Å². The SMILES string of the molecule is c1ccc(Nc2nncc(N3CCC4(CC3)OCCO4)n2)cc1. The van der Waals surface area contributed by atoms with Gasteiger partial charge in [-0.25, -0.2) is 0 Å². The van der Waals surface area contributed by atoms with E-state index in [9.17, 15) is 0 Å². The highest BCUT2D eigenvalue weighted by molar-refractivity contribution is 5.54. The van der Waals surface area contributed by atoms with Crippen molar-refractivity contribution in [2.24, 2.45) is 0 Å². The normalized spacial score (nSPS) is 19.9. The number of hydrogen-bond acceptors (Lipinski definition) is 7. The summed E-state index contributed by atoms with van der Waals surface area (Å²) in [5, 5.41) is 11.3. The van der Waals surface area contributed by atoms with Crippen LogP contribution in [0.3, 0.4) is 0 Å². The van der Waals surface area contributed by atoms with E-state index in [1.807, 2.05) is 30.3 Å². The van der Waals surface area contributed by atoms with Crippen LogP contribution in [0, 0.1) is 0 Å². The molecule has 2 aromatic rings. The number of benzene rings is 1. The Morgan fingerprint density at radius 2 is 1.78 bits per heavy atom. The summed E-state index contributed by atoms with van der Waals surface area (Å²) in [6, 6.07) is 9.83. The predicted molar refractivity (Wildman–Crippen MR) is 85.6 cm³/mol. The second-order valence-electron chi connectivity index (χ2n) is 5.72. The minimum atomic E-state index is -0.373. The fourth-order valence-corrected chi connectivity index (χ4v) is 3.01. The van der Waals surface area contributed by atoms with Gasteiger partial charge in [0.1, 0.15) is 0 Å². The molecule has 2 aliphatic heterocycles. The molecule has 1 N–H and O–H groups in total. The first-order valence-corrected chi connectivity index (χ1v) is 7.88. The second-order valence-corrected chi connectivity index (χ2v) is 5.72. The lowest BCUT2D eigenvalue weighted by atomic mass is 10.0. The van der Waals surface area contributed by atoms with Crippen molar-refractivity contribution in [2.75, 3.05) is 36.5 Å². The van der Waals surface area contributed by atoms with Gasteiger partial charge in [-0.15, -0.1) is 5.10 Å². The first kappa shape index (κ1) is 14.3. The Kier molecular flexibility index (Phi) is 3.80. The number of nitrogens with zero attached hydrogens (tertiary/aromatic N) is 4. The van der Waals surface area contributed by atoms with Gasteiger partial charge in [0.15, 0.2) is 11.6 Å². The molecule has 0 radical (unpaired) electrons. The van der Waals surface area contributed by atoms with E-state index in [0.717, 1.165) is 37.4 Å². The van der Waals surface area contributed by atoms with Crippen LogP contribution < -0.4 is 10.2 Å². The number of ether oxygens (including phenoxy) is 2. The van der Waals surface area contributed by atoms with E-state index in [1.54, 1.807) is 6.20 Å². The van der Waals surface area contributed by atoms with E-state index in [0.29, 0.717) is 19.2 Å². The number of rotatable bonds is 3. The molecule has 2 aliphatic rings. The van der Waals surface area contributed by atoms with Crippen molar-refractivity contribution in [3.05, 3.63) is 36.5 Å². The number of anilines is 3. The number of nitrogens with one attached hydrogen (secondary N) is 1.